The van der Waals surface area contributed by atoms with E-state index in [0.29, 0.717) is 18.1 Å². The molecule has 2 nitrogen and oxygen atoms in total. The van der Waals surface area contributed by atoms with Gasteiger partial charge in [0, 0.05) is 24.1 Å². The predicted octanol–water partition coefficient (Wildman–Crippen LogP) is 4.75. The molecule has 0 aliphatic heterocycles. The maximum Gasteiger partial charge on any atom is 0.162 e. The van der Waals surface area contributed by atoms with Gasteiger partial charge in [-0.05, 0) is 34.9 Å². The molecule has 20 heavy (non-hydrogen) atoms. The highest BCUT2D eigenvalue weighted by molar-refractivity contribution is 6.30. The Morgan fingerprint density at radius 2 is 1.85 bits per heavy atom. The van der Waals surface area contributed by atoms with Gasteiger partial charge in [0.15, 0.2) is 5.78 Å². The fourth-order valence-corrected chi connectivity index (χ4v) is 2.28. The van der Waals surface area contributed by atoms with Gasteiger partial charge in [-0.2, -0.15) is 0 Å². The summed E-state index contributed by atoms with van der Waals surface area (Å²) in [5, 5.41) is 0.708. The third-order valence-electron chi connectivity index (χ3n) is 3.20. The molecule has 0 aliphatic carbocycles. The Kier molecular flexibility index (Phi) is 4.94. The number of carbonyl (C=O) groups excluding carboxylic acids is 1. The van der Waals surface area contributed by atoms with Crippen molar-refractivity contribution in [3.05, 3.63) is 58.6 Å². The van der Waals surface area contributed by atoms with Gasteiger partial charge in [0.05, 0.1) is 6.61 Å². The van der Waals surface area contributed by atoms with E-state index in [2.05, 4.69) is 0 Å². The Morgan fingerprint density at radius 1 is 1.15 bits per heavy atom. The molecule has 0 radical (unpaired) electrons. The van der Waals surface area contributed by atoms with Crippen LogP contribution in [0.3, 0.4) is 0 Å². The molecule has 0 bridgehead atoms. The molecule has 2 rings (SSSR count). The number of halogens is 1. The standard InChI is InChI=1S/C17H17ClO2/c1-3-17(19)13-6-9-16(14(10-13)11-20-2)12-4-7-15(18)8-5-12/h4-10H,3,11H2,1-2H3. The highest BCUT2D eigenvalue weighted by Crippen LogP contribution is 2.27. The Labute approximate surface area is 124 Å². The molecule has 0 aromatic heterocycles. The SMILES string of the molecule is CCC(=O)c1ccc(-c2ccc(Cl)cc2)c(COC)c1. The highest BCUT2D eigenvalue weighted by Gasteiger charge is 2.10. The van der Waals surface area contributed by atoms with Crippen LogP contribution < -0.4 is 0 Å². The fraction of sp³-hybridized carbons (Fsp3) is 0.235. The highest BCUT2D eigenvalue weighted by atomic mass is 35.5. The minimum Gasteiger partial charge on any atom is -0.380 e. The van der Waals surface area contributed by atoms with Crippen molar-refractivity contribution in [3.63, 3.8) is 0 Å². The second-order valence-electron chi connectivity index (χ2n) is 4.59. The lowest BCUT2D eigenvalue weighted by Gasteiger charge is -2.11. The zero-order valence-electron chi connectivity index (χ0n) is 11.7. The van der Waals surface area contributed by atoms with Crippen LogP contribution in [-0.2, 0) is 11.3 Å². The number of rotatable bonds is 5. The van der Waals surface area contributed by atoms with E-state index >= 15 is 0 Å². The van der Waals surface area contributed by atoms with E-state index in [9.17, 15) is 4.79 Å². The number of ether oxygens (including phenoxy) is 1. The van der Waals surface area contributed by atoms with Crippen LogP contribution in [-0.4, -0.2) is 12.9 Å². The number of benzene rings is 2. The smallest absolute Gasteiger partial charge is 0.162 e. The summed E-state index contributed by atoms with van der Waals surface area (Å²) in [4.78, 5) is 11.8. The summed E-state index contributed by atoms with van der Waals surface area (Å²) in [6.45, 7) is 2.34. The van der Waals surface area contributed by atoms with Gasteiger partial charge in [-0.1, -0.05) is 42.8 Å². The van der Waals surface area contributed by atoms with Gasteiger partial charge in [0.25, 0.3) is 0 Å². The molecule has 0 heterocycles. The molecule has 0 amide bonds. The topological polar surface area (TPSA) is 26.3 Å². The van der Waals surface area contributed by atoms with Gasteiger partial charge in [-0.3, -0.25) is 4.79 Å². The van der Waals surface area contributed by atoms with Crippen molar-refractivity contribution in [2.24, 2.45) is 0 Å². The van der Waals surface area contributed by atoms with Crippen molar-refractivity contribution < 1.29 is 9.53 Å². The number of hydrogen-bond donors (Lipinski definition) is 0. The van der Waals surface area contributed by atoms with Crippen LogP contribution in [0.4, 0.5) is 0 Å². The van der Waals surface area contributed by atoms with E-state index in [1.165, 1.54) is 0 Å². The van der Waals surface area contributed by atoms with Crippen molar-refractivity contribution in [3.8, 4) is 11.1 Å². The Bertz CT molecular complexity index is 603. The van der Waals surface area contributed by atoms with Crippen LogP contribution >= 0.6 is 11.6 Å². The number of ketones is 1. The Morgan fingerprint density at radius 3 is 2.45 bits per heavy atom. The van der Waals surface area contributed by atoms with Crippen LogP contribution in [0.25, 0.3) is 11.1 Å². The quantitative estimate of drug-likeness (QED) is 0.742. The Balaban J connectivity index is 2.46. The lowest BCUT2D eigenvalue weighted by Crippen LogP contribution is -2.00. The van der Waals surface area contributed by atoms with Gasteiger partial charge < -0.3 is 4.74 Å². The number of carbonyl (C=O) groups is 1. The summed E-state index contributed by atoms with van der Waals surface area (Å²) in [5.41, 5.74) is 3.87. The van der Waals surface area contributed by atoms with Gasteiger partial charge in [-0.25, -0.2) is 0 Å². The molecular weight excluding hydrogens is 272 g/mol. The summed E-state index contributed by atoms with van der Waals surface area (Å²) < 4.78 is 5.24. The van der Waals surface area contributed by atoms with E-state index < -0.39 is 0 Å². The van der Waals surface area contributed by atoms with Crippen molar-refractivity contribution in [2.45, 2.75) is 20.0 Å². The molecule has 0 N–H and O–H groups in total. The monoisotopic (exact) mass is 288 g/mol. The first-order valence-electron chi connectivity index (χ1n) is 6.56. The zero-order chi connectivity index (χ0) is 14.5. The summed E-state index contributed by atoms with van der Waals surface area (Å²) in [7, 11) is 1.65. The lowest BCUT2D eigenvalue weighted by molar-refractivity contribution is 0.0988. The molecule has 0 saturated heterocycles. The normalized spacial score (nSPS) is 10.6. The predicted molar refractivity (Wildman–Crippen MR) is 82.2 cm³/mol. The maximum atomic E-state index is 11.8. The molecule has 2 aromatic carbocycles. The van der Waals surface area contributed by atoms with Crippen LogP contribution in [0.2, 0.25) is 5.02 Å². The lowest BCUT2D eigenvalue weighted by atomic mass is 9.96. The molecule has 2 aromatic rings. The molecule has 0 fully saturated rings. The van der Waals surface area contributed by atoms with Crippen molar-refractivity contribution >= 4 is 17.4 Å². The van der Waals surface area contributed by atoms with E-state index in [-0.39, 0.29) is 5.78 Å². The molecule has 3 heteroatoms. The molecule has 104 valence electrons. The van der Waals surface area contributed by atoms with Gasteiger partial charge in [0.2, 0.25) is 0 Å². The zero-order valence-corrected chi connectivity index (χ0v) is 12.4. The largest absolute Gasteiger partial charge is 0.380 e. The number of hydrogen-bond acceptors (Lipinski definition) is 2. The fourth-order valence-electron chi connectivity index (χ4n) is 2.16. The summed E-state index contributed by atoms with van der Waals surface area (Å²) in [5.74, 6) is 0.144. The summed E-state index contributed by atoms with van der Waals surface area (Å²) in [6.07, 6.45) is 0.507. The molecule has 0 saturated carbocycles. The molecule has 0 atom stereocenters. The number of methoxy groups -OCH3 is 1. The summed E-state index contributed by atoms with van der Waals surface area (Å²) in [6, 6.07) is 13.4. The third-order valence-corrected chi connectivity index (χ3v) is 3.46. The summed E-state index contributed by atoms with van der Waals surface area (Å²) >= 11 is 5.92. The first-order chi connectivity index (χ1) is 9.65. The number of Topliss-reactive ketones (excluding diaryl/α,β-unsaturated/α-hetero) is 1. The van der Waals surface area contributed by atoms with E-state index in [1.54, 1.807) is 7.11 Å². The van der Waals surface area contributed by atoms with E-state index in [1.807, 2.05) is 49.4 Å². The van der Waals surface area contributed by atoms with Crippen molar-refractivity contribution in [1.29, 1.82) is 0 Å². The van der Waals surface area contributed by atoms with Gasteiger partial charge in [-0.15, -0.1) is 0 Å². The average molecular weight is 289 g/mol. The van der Waals surface area contributed by atoms with Crippen LogP contribution in [0.15, 0.2) is 42.5 Å². The minimum atomic E-state index is 0.144. The first-order valence-corrected chi connectivity index (χ1v) is 6.94. The second-order valence-corrected chi connectivity index (χ2v) is 5.02. The first kappa shape index (κ1) is 14.8. The van der Waals surface area contributed by atoms with Crippen LogP contribution in [0.5, 0.6) is 0 Å². The van der Waals surface area contributed by atoms with E-state index in [4.69, 9.17) is 16.3 Å². The molecular formula is C17H17ClO2. The minimum absolute atomic E-state index is 0.144. The average Bonchev–Trinajstić information content (AvgIpc) is 2.48. The van der Waals surface area contributed by atoms with Crippen LogP contribution in [0.1, 0.15) is 29.3 Å². The van der Waals surface area contributed by atoms with Gasteiger partial charge in [0.1, 0.15) is 0 Å². The maximum absolute atomic E-state index is 11.8. The molecule has 0 spiro atoms. The Hall–Kier alpha value is -1.64. The van der Waals surface area contributed by atoms with Crippen LogP contribution in [0, 0.1) is 0 Å². The van der Waals surface area contributed by atoms with E-state index in [0.717, 1.165) is 22.3 Å². The van der Waals surface area contributed by atoms with Crippen molar-refractivity contribution in [1.82, 2.24) is 0 Å². The third kappa shape index (κ3) is 3.27. The molecule has 0 unspecified atom stereocenters. The molecule has 0 aliphatic rings. The van der Waals surface area contributed by atoms with Crippen molar-refractivity contribution in [2.75, 3.05) is 7.11 Å². The second kappa shape index (κ2) is 6.69. The van der Waals surface area contributed by atoms with Gasteiger partial charge >= 0.3 is 0 Å².